The molecule has 1 aromatic carbocycles. The molecule has 2 atom stereocenters. The first kappa shape index (κ1) is 25.6. The number of urea groups is 1. The van der Waals surface area contributed by atoms with Gasteiger partial charge in [-0.25, -0.2) is 14.4 Å². The molecule has 0 saturated carbocycles. The number of aromatic carboxylic acids is 1. The number of carboxylic acids is 1. The van der Waals surface area contributed by atoms with Gasteiger partial charge in [-0.1, -0.05) is 6.07 Å². The molecule has 2 aromatic rings. The topological polar surface area (TPSA) is 125 Å². The standard InChI is InChI=1S/C23H27N3O6S2/c1-13-8-9-17(34-13)19-26(16(12-33-19)21(30)32-23(2,3)4)18(27)11-24-22(31)25-15-7-5-6-14(10-15)20(28)29/h5-10,16,19H,11-12H2,1-4H3,(H,28,29)(H2,24,25,31). The van der Waals surface area contributed by atoms with E-state index >= 15 is 0 Å². The smallest absolute Gasteiger partial charge is 0.335 e. The normalized spacial score (nSPS) is 17.8. The fourth-order valence-electron chi connectivity index (χ4n) is 3.32. The van der Waals surface area contributed by atoms with Crippen molar-refractivity contribution in [1.82, 2.24) is 10.2 Å². The number of anilines is 1. The fourth-order valence-corrected chi connectivity index (χ4v) is 5.86. The molecule has 0 aliphatic carbocycles. The molecule has 1 aliphatic rings. The molecule has 182 valence electrons. The molecule has 1 saturated heterocycles. The van der Waals surface area contributed by atoms with Gasteiger partial charge < -0.3 is 25.4 Å². The number of ether oxygens (including phenoxy) is 1. The van der Waals surface area contributed by atoms with E-state index in [1.807, 2.05) is 19.1 Å². The van der Waals surface area contributed by atoms with E-state index in [1.54, 1.807) is 38.2 Å². The summed E-state index contributed by atoms with van der Waals surface area (Å²) in [6, 6.07) is 8.22. The van der Waals surface area contributed by atoms with Crippen molar-refractivity contribution in [2.45, 2.75) is 44.7 Å². The lowest BCUT2D eigenvalue weighted by molar-refractivity contribution is -0.163. The predicted octanol–water partition coefficient (Wildman–Crippen LogP) is 3.86. The van der Waals surface area contributed by atoms with Gasteiger partial charge in [-0.15, -0.1) is 23.1 Å². The molecule has 1 fully saturated rings. The third-order valence-electron chi connectivity index (χ3n) is 4.74. The number of aryl methyl sites for hydroxylation is 1. The maximum absolute atomic E-state index is 13.2. The van der Waals surface area contributed by atoms with E-state index in [-0.39, 0.29) is 23.2 Å². The summed E-state index contributed by atoms with van der Waals surface area (Å²) >= 11 is 3.03. The van der Waals surface area contributed by atoms with Crippen molar-refractivity contribution in [3.8, 4) is 0 Å². The number of carbonyl (C=O) groups excluding carboxylic acids is 3. The Morgan fingerprint density at radius 1 is 1.18 bits per heavy atom. The van der Waals surface area contributed by atoms with Crippen LogP contribution in [0.25, 0.3) is 0 Å². The predicted molar refractivity (Wildman–Crippen MR) is 131 cm³/mol. The van der Waals surface area contributed by atoms with Crippen molar-refractivity contribution >= 4 is 52.7 Å². The Morgan fingerprint density at radius 2 is 1.91 bits per heavy atom. The zero-order chi connectivity index (χ0) is 25.0. The Morgan fingerprint density at radius 3 is 2.53 bits per heavy atom. The van der Waals surface area contributed by atoms with Gasteiger partial charge in [0, 0.05) is 21.2 Å². The molecule has 3 rings (SSSR count). The van der Waals surface area contributed by atoms with Gasteiger partial charge in [0.25, 0.3) is 0 Å². The summed E-state index contributed by atoms with van der Waals surface area (Å²) in [5, 5.41) is 13.7. The third kappa shape index (κ3) is 6.51. The Hall–Kier alpha value is -3.05. The average molecular weight is 506 g/mol. The van der Waals surface area contributed by atoms with Gasteiger partial charge in [-0.3, -0.25) is 4.79 Å². The molecule has 0 bridgehead atoms. The van der Waals surface area contributed by atoms with E-state index < -0.39 is 35.5 Å². The monoisotopic (exact) mass is 505 g/mol. The summed E-state index contributed by atoms with van der Waals surface area (Å²) in [6.07, 6.45) is 0. The van der Waals surface area contributed by atoms with Gasteiger partial charge in [0.1, 0.15) is 17.0 Å². The van der Waals surface area contributed by atoms with Gasteiger partial charge >= 0.3 is 18.0 Å². The lowest BCUT2D eigenvalue weighted by Crippen LogP contribution is -2.49. The summed E-state index contributed by atoms with van der Waals surface area (Å²) in [6.45, 7) is 6.93. The lowest BCUT2D eigenvalue weighted by atomic mass is 10.2. The van der Waals surface area contributed by atoms with Crippen LogP contribution >= 0.6 is 23.1 Å². The number of nitrogens with one attached hydrogen (secondary N) is 2. The lowest BCUT2D eigenvalue weighted by Gasteiger charge is -2.30. The van der Waals surface area contributed by atoms with Crippen LogP contribution < -0.4 is 10.6 Å². The highest BCUT2D eigenvalue weighted by molar-refractivity contribution is 7.99. The minimum absolute atomic E-state index is 0.0252. The van der Waals surface area contributed by atoms with E-state index in [0.29, 0.717) is 5.75 Å². The second-order valence-corrected chi connectivity index (χ2v) is 11.1. The molecule has 3 N–H and O–H groups in total. The van der Waals surface area contributed by atoms with E-state index in [4.69, 9.17) is 9.84 Å². The van der Waals surface area contributed by atoms with E-state index in [0.717, 1.165) is 9.75 Å². The second kappa shape index (κ2) is 10.5. The average Bonchev–Trinajstić information content (AvgIpc) is 3.37. The molecule has 11 heteroatoms. The highest BCUT2D eigenvalue weighted by Gasteiger charge is 2.44. The van der Waals surface area contributed by atoms with Crippen LogP contribution in [0.4, 0.5) is 10.5 Å². The third-order valence-corrected chi connectivity index (χ3v) is 7.25. The summed E-state index contributed by atoms with van der Waals surface area (Å²) < 4.78 is 5.54. The zero-order valence-corrected chi connectivity index (χ0v) is 20.9. The van der Waals surface area contributed by atoms with Gasteiger partial charge in [-0.2, -0.15) is 0 Å². The number of rotatable bonds is 6. The van der Waals surface area contributed by atoms with Crippen LogP contribution in [0.15, 0.2) is 36.4 Å². The highest BCUT2D eigenvalue weighted by Crippen LogP contribution is 2.44. The molecular formula is C23H27N3O6S2. The second-order valence-electron chi connectivity index (χ2n) is 8.68. The Bertz CT molecular complexity index is 1090. The number of carboxylic acid groups (broad SMARTS) is 1. The van der Waals surface area contributed by atoms with E-state index in [9.17, 15) is 19.2 Å². The van der Waals surface area contributed by atoms with Crippen LogP contribution in [0.1, 0.15) is 46.3 Å². The number of amides is 3. The number of carbonyl (C=O) groups is 4. The van der Waals surface area contributed by atoms with Crippen LogP contribution in [-0.4, -0.2) is 57.8 Å². The molecule has 1 aromatic heterocycles. The quantitative estimate of drug-likeness (QED) is 0.509. The van der Waals surface area contributed by atoms with Crippen molar-refractivity contribution in [1.29, 1.82) is 0 Å². The molecule has 2 unspecified atom stereocenters. The summed E-state index contributed by atoms with van der Waals surface area (Å²) in [5.41, 5.74) is -0.395. The number of thioether (sulfide) groups is 1. The molecule has 2 heterocycles. The number of thiophene rings is 1. The summed E-state index contributed by atoms with van der Waals surface area (Å²) in [7, 11) is 0. The Balaban J connectivity index is 1.71. The van der Waals surface area contributed by atoms with Crippen LogP contribution in [0.3, 0.4) is 0 Å². The SMILES string of the molecule is Cc1ccc(C2SCC(C(=O)OC(C)(C)C)N2C(=O)CNC(=O)Nc2cccc(C(=O)O)c2)s1. The maximum Gasteiger partial charge on any atom is 0.335 e. The van der Waals surface area contributed by atoms with Gasteiger partial charge in [0.05, 0.1) is 12.1 Å². The largest absolute Gasteiger partial charge is 0.478 e. The van der Waals surface area contributed by atoms with E-state index in [1.165, 1.54) is 34.9 Å². The van der Waals surface area contributed by atoms with Crippen molar-refractivity contribution in [2.24, 2.45) is 0 Å². The van der Waals surface area contributed by atoms with Crippen LogP contribution in [0, 0.1) is 6.92 Å². The van der Waals surface area contributed by atoms with Crippen molar-refractivity contribution < 1.29 is 29.0 Å². The molecule has 0 spiro atoms. The number of benzene rings is 1. The van der Waals surface area contributed by atoms with Crippen molar-refractivity contribution in [3.05, 3.63) is 51.7 Å². The molecule has 0 radical (unpaired) electrons. The Labute approximate surface area is 205 Å². The minimum atomic E-state index is -1.12. The van der Waals surface area contributed by atoms with E-state index in [2.05, 4.69) is 10.6 Å². The number of esters is 1. The van der Waals surface area contributed by atoms with Crippen LogP contribution in [-0.2, 0) is 14.3 Å². The van der Waals surface area contributed by atoms with Gasteiger partial charge in [-0.05, 0) is 58.0 Å². The molecule has 34 heavy (non-hydrogen) atoms. The molecule has 3 amide bonds. The van der Waals surface area contributed by atoms with Gasteiger partial charge in [0.2, 0.25) is 5.91 Å². The van der Waals surface area contributed by atoms with Crippen LogP contribution in [0.2, 0.25) is 0 Å². The van der Waals surface area contributed by atoms with Crippen LogP contribution in [0.5, 0.6) is 0 Å². The highest BCUT2D eigenvalue weighted by atomic mass is 32.2. The number of hydrogen-bond acceptors (Lipinski definition) is 7. The zero-order valence-electron chi connectivity index (χ0n) is 19.3. The fraction of sp³-hybridized carbons (Fsp3) is 0.391. The van der Waals surface area contributed by atoms with Crippen molar-refractivity contribution in [2.75, 3.05) is 17.6 Å². The maximum atomic E-state index is 13.2. The van der Waals surface area contributed by atoms with Gasteiger partial charge in [0.15, 0.2) is 0 Å². The molecular weight excluding hydrogens is 478 g/mol. The summed E-state index contributed by atoms with van der Waals surface area (Å²) in [4.78, 5) is 53.0. The minimum Gasteiger partial charge on any atom is -0.478 e. The number of hydrogen-bond donors (Lipinski definition) is 3. The van der Waals surface area contributed by atoms with Crippen molar-refractivity contribution in [3.63, 3.8) is 0 Å². The first-order chi connectivity index (χ1) is 15.9. The molecule has 1 aliphatic heterocycles. The summed E-state index contributed by atoms with van der Waals surface area (Å²) in [5.74, 6) is -1.64. The number of nitrogens with zero attached hydrogens (tertiary/aromatic N) is 1. The Kier molecular flexibility index (Phi) is 7.88. The first-order valence-corrected chi connectivity index (χ1v) is 12.4. The molecule has 9 nitrogen and oxygen atoms in total. The first-order valence-electron chi connectivity index (χ1n) is 10.5.